The topological polar surface area (TPSA) is 77.4 Å². The standard InChI is InChI=1S/C15H32O4S.K/c1-3-5-10-14(16)11-8-7-9-13-15(12-6-4-2)20(17,18)19;/h14-16H,3-13H2,1-2H3,(H,17,18,19);/q;+1/p-1. The van der Waals surface area contributed by atoms with Crippen molar-refractivity contribution in [3.05, 3.63) is 0 Å². The van der Waals surface area contributed by atoms with Crippen LogP contribution in [0.1, 0.15) is 84.5 Å². The molecule has 0 saturated carbocycles. The van der Waals surface area contributed by atoms with Gasteiger partial charge in [0.15, 0.2) is 0 Å². The number of rotatable bonds is 13. The Bertz CT molecular complexity index is 320. The Hall–Kier alpha value is 1.51. The van der Waals surface area contributed by atoms with Gasteiger partial charge >= 0.3 is 51.4 Å². The molecule has 0 aromatic carbocycles. The maximum atomic E-state index is 11.1. The second kappa shape index (κ2) is 15.1. The first-order valence-corrected chi connectivity index (χ1v) is 9.51. The summed E-state index contributed by atoms with van der Waals surface area (Å²) in [6.45, 7) is 4.10. The third-order valence-electron chi connectivity index (χ3n) is 3.74. The van der Waals surface area contributed by atoms with Crippen LogP contribution in [-0.2, 0) is 10.1 Å². The van der Waals surface area contributed by atoms with Crippen LogP contribution < -0.4 is 51.4 Å². The maximum absolute atomic E-state index is 11.1. The Morgan fingerprint density at radius 2 is 1.29 bits per heavy atom. The van der Waals surface area contributed by atoms with Gasteiger partial charge in [-0.3, -0.25) is 0 Å². The van der Waals surface area contributed by atoms with Gasteiger partial charge in [0, 0.05) is 5.25 Å². The van der Waals surface area contributed by atoms with E-state index in [9.17, 15) is 18.1 Å². The van der Waals surface area contributed by atoms with Crippen molar-refractivity contribution in [3.8, 4) is 0 Å². The summed E-state index contributed by atoms with van der Waals surface area (Å²) < 4.78 is 33.4. The summed E-state index contributed by atoms with van der Waals surface area (Å²) in [6, 6.07) is 0. The molecule has 0 rings (SSSR count). The molecular weight excluding hydrogens is 315 g/mol. The largest absolute Gasteiger partial charge is 1.00 e. The Morgan fingerprint density at radius 3 is 1.81 bits per heavy atom. The molecule has 0 saturated heterocycles. The van der Waals surface area contributed by atoms with Crippen LogP contribution in [0, 0.1) is 0 Å². The quantitative estimate of drug-likeness (QED) is 0.301. The van der Waals surface area contributed by atoms with E-state index in [0.717, 1.165) is 57.8 Å². The molecule has 0 aromatic heterocycles. The van der Waals surface area contributed by atoms with Crippen molar-refractivity contribution in [2.75, 3.05) is 0 Å². The summed E-state index contributed by atoms with van der Waals surface area (Å²) in [6.07, 6.45) is 8.77. The van der Waals surface area contributed by atoms with Gasteiger partial charge in [-0.25, -0.2) is 8.42 Å². The van der Waals surface area contributed by atoms with Crippen LogP contribution in [0.3, 0.4) is 0 Å². The third kappa shape index (κ3) is 14.8. The minimum absolute atomic E-state index is 0. The number of unbranched alkanes of at least 4 members (excludes halogenated alkanes) is 4. The van der Waals surface area contributed by atoms with Gasteiger partial charge in [-0.1, -0.05) is 58.8 Å². The van der Waals surface area contributed by atoms with Crippen molar-refractivity contribution in [2.45, 2.75) is 95.8 Å². The van der Waals surface area contributed by atoms with Crippen molar-refractivity contribution in [1.29, 1.82) is 0 Å². The van der Waals surface area contributed by atoms with Crippen molar-refractivity contribution < 1.29 is 69.5 Å². The fourth-order valence-electron chi connectivity index (χ4n) is 2.38. The zero-order valence-electron chi connectivity index (χ0n) is 14.0. The molecule has 0 amide bonds. The van der Waals surface area contributed by atoms with Gasteiger partial charge in [0.05, 0.1) is 16.2 Å². The molecule has 0 aliphatic rings. The van der Waals surface area contributed by atoms with Gasteiger partial charge in [0.2, 0.25) is 0 Å². The number of hydrogen-bond acceptors (Lipinski definition) is 4. The van der Waals surface area contributed by atoms with E-state index in [-0.39, 0.29) is 57.5 Å². The van der Waals surface area contributed by atoms with E-state index in [1.165, 1.54) is 0 Å². The Kier molecular flexibility index (Phi) is 17.8. The SMILES string of the molecule is CCCCC(O)CCCCCC(CCCC)S(=O)(=O)[O-].[K+]. The maximum Gasteiger partial charge on any atom is 1.00 e. The van der Waals surface area contributed by atoms with Gasteiger partial charge in [0.25, 0.3) is 0 Å². The molecule has 0 aliphatic carbocycles. The summed E-state index contributed by atoms with van der Waals surface area (Å²) in [5, 5.41) is 8.97. The summed E-state index contributed by atoms with van der Waals surface area (Å²) >= 11 is 0. The molecule has 6 heteroatoms. The molecule has 21 heavy (non-hydrogen) atoms. The van der Waals surface area contributed by atoms with E-state index in [4.69, 9.17) is 0 Å². The van der Waals surface area contributed by atoms with Gasteiger partial charge in [-0.2, -0.15) is 0 Å². The van der Waals surface area contributed by atoms with Crippen LogP contribution in [0.25, 0.3) is 0 Å². The minimum atomic E-state index is -4.15. The molecule has 0 heterocycles. The number of hydrogen-bond donors (Lipinski definition) is 1. The fourth-order valence-corrected chi connectivity index (χ4v) is 3.29. The summed E-state index contributed by atoms with van der Waals surface area (Å²) in [5.74, 6) is 0. The number of aliphatic hydroxyl groups is 1. The Morgan fingerprint density at radius 1 is 0.857 bits per heavy atom. The van der Waals surface area contributed by atoms with Crippen LogP contribution in [0.4, 0.5) is 0 Å². The average Bonchev–Trinajstić information content (AvgIpc) is 2.38. The zero-order chi connectivity index (χ0) is 15.4. The predicted molar refractivity (Wildman–Crippen MR) is 81.6 cm³/mol. The summed E-state index contributed by atoms with van der Waals surface area (Å²) in [7, 11) is -4.15. The molecule has 0 bridgehead atoms. The Balaban J connectivity index is 0. The average molecular weight is 347 g/mol. The van der Waals surface area contributed by atoms with Crippen LogP contribution in [-0.4, -0.2) is 29.4 Å². The molecule has 0 aliphatic heterocycles. The molecule has 2 atom stereocenters. The van der Waals surface area contributed by atoms with E-state index in [1.807, 2.05) is 6.92 Å². The van der Waals surface area contributed by atoms with Gasteiger partial charge in [-0.05, 0) is 25.7 Å². The first kappa shape index (κ1) is 24.8. The molecule has 0 aromatic rings. The monoisotopic (exact) mass is 346 g/mol. The van der Waals surface area contributed by atoms with Crippen LogP contribution >= 0.6 is 0 Å². The van der Waals surface area contributed by atoms with Crippen LogP contribution in [0.5, 0.6) is 0 Å². The molecule has 0 radical (unpaired) electrons. The molecule has 1 N–H and O–H groups in total. The van der Waals surface area contributed by atoms with Crippen LogP contribution in [0.15, 0.2) is 0 Å². The van der Waals surface area contributed by atoms with E-state index in [1.54, 1.807) is 0 Å². The molecule has 2 unspecified atom stereocenters. The normalized spacial score (nSPS) is 14.5. The van der Waals surface area contributed by atoms with Crippen molar-refractivity contribution >= 4 is 10.1 Å². The zero-order valence-corrected chi connectivity index (χ0v) is 18.0. The van der Waals surface area contributed by atoms with Crippen molar-refractivity contribution in [1.82, 2.24) is 0 Å². The van der Waals surface area contributed by atoms with E-state index in [2.05, 4.69) is 6.92 Å². The third-order valence-corrected chi connectivity index (χ3v) is 5.03. The van der Waals surface area contributed by atoms with Crippen molar-refractivity contribution in [3.63, 3.8) is 0 Å². The smallest absolute Gasteiger partial charge is 0.748 e. The summed E-state index contributed by atoms with van der Waals surface area (Å²) in [5.41, 5.74) is 0. The Labute approximate surface area is 173 Å². The molecular formula is C15H31KO4S. The second-order valence-electron chi connectivity index (χ2n) is 5.69. The molecule has 0 spiro atoms. The second-order valence-corrected chi connectivity index (χ2v) is 7.34. The summed E-state index contributed by atoms with van der Waals surface area (Å²) in [4.78, 5) is 0. The first-order valence-electron chi connectivity index (χ1n) is 8.04. The first-order chi connectivity index (χ1) is 9.41. The van der Waals surface area contributed by atoms with Gasteiger partial charge < -0.3 is 9.66 Å². The van der Waals surface area contributed by atoms with E-state index >= 15 is 0 Å². The predicted octanol–water partition coefficient (Wildman–Crippen LogP) is 0.596. The fraction of sp³-hybridized carbons (Fsp3) is 1.00. The molecule has 4 nitrogen and oxygen atoms in total. The van der Waals surface area contributed by atoms with E-state index in [0.29, 0.717) is 12.8 Å². The number of aliphatic hydroxyl groups excluding tert-OH is 1. The van der Waals surface area contributed by atoms with E-state index < -0.39 is 15.4 Å². The molecule has 0 fully saturated rings. The van der Waals surface area contributed by atoms with Gasteiger partial charge in [0.1, 0.15) is 0 Å². The molecule has 122 valence electrons. The van der Waals surface area contributed by atoms with Crippen LogP contribution in [0.2, 0.25) is 0 Å². The minimum Gasteiger partial charge on any atom is -0.748 e. The van der Waals surface area contributed by atoms with Gasteiger partial charge in [-0.15, -0.1) is 0 Å². The van der Waals surface area contributed by atoms with Crippen molar-refractivity contribution in [2.24, 2.45) is 0 Å².